The zero-order valence-corrected chi connectivity index (χ0v) is 9.96. The largest absolute Gasteiger partial charge is 0.491 e. The highest BCUT2D eigenvalue weighted by atomic mass is 19.4. The molecule has 20 heavy (non-hydrogen) atoms. The Kier molecular flexibility index (Phi) is 5.09. The molecule has 3 nitrogen and oxygen atoms in total. The Labute approximate surface area is 110 Å². The van der Waals surface area contributed by atoms with E-state index in [1.807, 2.05) is 0 Å². The van der Waals surface area contributed by atoms with Gasteiger partial charge in [-0.2, -0.15) is 26.3 Å². The number of anilines is 1. The van der Waals surface area contributed by atoms with Crippen molar-refractivity contribution in [2.24, 2.45) is 0 Å². The van der Waals surface area contributed by atoms with Gasteiger partial charge in [-0.25, -0.2) is 0 Å². The van der Waals surface area contributed by atoms with Crippen LogP contribution in [0.25, 0.3) is 0 Å². The molecule has 0 saturated carbocycles. The number of benzene rings is 1. The Bertz CT molecular complexity index is 418. The molecule has 2 N–H and O–H groups in total. The summed E-state index contributed by atoms with van der Waals surface area (Å²) < 4.78 is 81.4. The summed E-state index contributed by atoms with van der Waals surface area (Å²) in [6.45, 7) is -1.33. The van der Waals surface area contributed by atoms with Gasteiger partial charge in [0.05, 0.1) is 6.61 Å². The first-order valence-corrected chi connectivity index (χ1v) is 5.34. The van der Waals surface area contributed by atoms with Gasteiger partial charge in [-0.15, -0.1) is 0 Å². The lowest BCUT2D eigenvalue weighted by molar-refractivity contribution is -0.322. The standard InChI is InChI=1S/C11H11F6NO2/c12-10(13,14)9(11(15,16)17)20-5-4-19-8-3-1-2-7(18)6-8/h1-3,6,9H,4-5,18H2. The van der Waals surface area contributed by atoms with Crippen LogP contribution in [0, 0.1) is 0 Å². The average Bonchev–Trinajstić information content (AvgIpc) is 2.25. The fraction of sp³-hybridized carbons (Fsp3) is 0.455. The van der Waals surface area contributed by atoms with Crippen LogP contribution in [0.4, 0.5) is 32.0 Å². The van der Waals surface area contributed by atoms with Crippen molar-refractivity contribution in [3.05, 3.63) is 24.3 Å². The molecular weight excluding hydrogens is 292 g/mol. The smallest absolute Gasteiger partial charge is 0.423 e. The van der Waals surface area contributed by atoms with Crippen LogP contribution in [0.3, 0.4) is 0 Å². The molecule has 0 atom stereocenters. The van der Waals surface area contributed by atoms with E-state index in [9.17, 15) is 26.3 Å². The summed E-state index contributed by atoms with van der Waals surface area (Å²) in [5.74, 6) is 0.226. The summed E-state index contributed by atoms with van der Waals surface area (Å²) in [6.07, 6.45) is -14.9. The molecule has 0 aromatic heterocycles. The van der Waals surface area contributed by atoms with Crippen molar-refractivity contribution in [1.82, 2.24) is 0 Å². The molecule has 0 aliphatic carbocycles. The van der Waals surface area contributed by atoms with Gasteiger partial charge in [0.15, 0.2) is 0 Å². The summed E-state index contributed by atoms with van der Waals surface area (Å²) in [4.78, 5) is 0. The number of hydrogen-bond donors (Lipinski definition) is 1. The minimum Gasteiger partial charge on any atom is -0.491 e. The minimum atomic E-state index is -5.52. The van der Waals surface area contributed by atoms with Gasteiger partial charge in [0.2, 0.25) is 6.10 Å². The van der Waals surface area contributed by atoms with Crippen molar-refractivity contribution in [3.8, 4) is 5.75 Å². The summed E-state index contributed by atoms with van der Waals surface area (Å²) in [5.41, 5.74) is 5.77. The molecule has 0 heterocycles. The molecule has 1 aromatic carbocycles. The number of rotatable bonds is 5. The topological polar surface area (TPSA) is 44.5 Å². The quantitative estimate of drug-likeness (QED) is 0.516. The lowest BCUT2D eigenvalue weighted by Gasteiger charge is -2.23. The van der Waals surface area contributed by atoms with Crippen LogP contribution in [-0.4, -0.2) is 31.7 Å². The number of hydrogen-bond acceptors (Lipinski definition) is 3. The predicted octanol–water partition coefficient (Wildman–Crippen LogP) is 3.16. The lowest BCUT2D eigenvalue weighted by Crippen LogP contribution is -2.44. The average molecular weight is 303 g/mol. The molecule has 0 radical (unpaired) electrons. The SMILES string of the molecule is Nc1cccc(OCCOC(C(F)(F)F)C(F)(F)F)c1. The molecule has 0 bridgehead atoms. The van der Waals surface area contributed by atoms with Crippen LogP contribution < -0.4 is 10.5 Å². The molecule has 0 spiro atoms. The van der Waals surface area contributed by atoms with Crippen molar-refractivity contribution in [3.63, 3.8) is 0 Å². The van der Waals surface area contributed by atoms with Crippen molar-refractivity contribution in [2.45, 2.75) is 18.5 Å². The minimum absolute atomic E-state index is 0.226. The van der Waals surface area contributed by atoms with Crippen molar-refractivity contribution in [2.75, 3.05) is 18.9 Å². The first-order chi connectivity index (χ1) is 9.10. The number of alkyl halides is 6. The van der Waals surface area contributed by atoms with Crippen LogP contribution in [0.15, 0.2) is 24.3 Å². The molecule has 0 saturated heterocycles. The molecule has 0 aliphatic heterocycles. The number of nitrogens with two attached hydrogens (primary N) is 1. The van der Waals surface area contributed by atoms with Gasteiger partial charge in [0.1, 0.15) is 12.4 Å². The van der Waals surface area contributed by atoms with E-state index >= 15 is 0 Å². The Morgan fingerprint density at radius 2 is 1.60 bits per heavy atom. The Morgan fingerprint density at radius 1 is 1.00 bits per heavy atom. The van der Waals surface area contributed by atoms with Crippen molar-refractivity contribution < 1.29 is 35.8 Å². The van der Waals surface area contributed by atoms with Crippen LogP contribution >= 0.6 is 0 Å². The van der Waals surface area contributed by atoms with Crippen LogP contribution in [-0.2, 0) is 4.74 Å². The van der Waals surface area contributed by atoms with Crippen molar-refractivity contribution in [1.29, 1.82) is 0 Å². The molecule has 0 aliphatic rings. The van der Waals surface area contributed by atoms with E-state index in [-0.39, 0.29) is 5.75 Å². The van der Waals surface area contributed by atoms with E-state index in [4.69, 9.17) is 10.5 Å². The second-order valence-electron chi connectivity index (χ2n) is 3.76. The lowest BCUT2D eigenvalue weighted by atomic mass is 10.3. The first-order valence-electron chi connectivity index (χ1n) is 5.34. The van der Waals surface area contributed by atoms with Crippen LogP contribution in [0.2, 0.25) is 0 Å². The Morgan fingerprint density at radius 3 is 2.10 bits per heavy atom. The molecule has 9 heteroatoms. The maximum Gasteiger partial charge on any atom is 0.423 e. The summed E-state index contributed by atoms with van der Waals surface area (Å²) in [7, 11) is 0. The third-order valence-corrected chi connectivity index (χ3v) is 2.09. The van der Waals surface area contributed by atoms with Gasteiger partial charge in [0.25, 0.3) is 0 Å². The van der Waals surface area contributed by atoms with E-state index in [0.717, 1.165) is 0 Å². The molecule has 0 fully saturated rings. The third-order valence-electron chi connectivity index (χ3n) is 2.09. The number of nitrogen functional groups attached to an aromatic ring is 1. The van der Waals surface area contributed by atoms with Crippen molar-refractivity contribution >= 4 is 5.69 Å². The normalized spacial score (nSPS) is 12.8. The van der Waals surface area contributed by atoms with Gasteiger partial charge in [0, 0.05) is 11.8 Å². The summed E-state index contributed by atoms with van der Waals surface area (Å²) >= 11 is 0. The van der Waals surface area contributed by atoms with E-state index in [2.05, 4.69) is 4.74 Å². The fourth-order valence-corrected chi connectivity index (χ4v) is 1.30. The van der Waals surface area contributed by atoms with E-state index < -0.39 is 31.7 Å². The highest BCUT2D eigenvalue weighted by molar-refractivity contribution is 5.43. The fourth-order valence-electron chi connectivity index (χ4n) is 1.30. The summed E-state index contributed by atoms with van der Waals surface area (Å²) in [6, 6.07) is 5.92. The number of ether oxygens (including phenoxy) is 2. The highest BCUT2D eigenvalue weighted by Crippen LogP contribution is 2.35. The van der Waals surface area contributed by atoms with Gasteiger partial charge >= 0.3 is 12.4 Å². The maximum absolute atomic E-state index is 12.1. The molecule has 1 rings (SSSR count). The Balaban J connectivity index is 2.46. The second kappa shape index (κ2) is 6.21. The molecule has 0 unspecified atom stereocenters. The molecular formula is C11H11F6NO2. The first kappa shape index (κ1) is 16.4. The van der Waals surface area contributed by atoms with E-state index in [1.54, 1.807) is 6.07 Å². The van der Waals surface area contributed by atoms with Gasteiger partial charge in [-0.3, -0.25) is 0 Å². The number of halogens is 6. The van der Waals surface area contributed by atoms with E-state index in [0.29, 0.717) is 5.69 Å². The zero-order chi connectivity index (χ0) is 15.4. The molecule has 114 valence electrons. The van der Waals surface area contributed by atoms with E-state index in [1.165, 1.54) is 18.2 Å². The Hall–Kier alpha value is -1.64. The van der Waals surface area contributed by atoms with Gasteiger partial charge in [-0.1, -0.05) is 6.07 Å². The highest BCUT2D eigenvalue weighted by Gasteiger charge is 2.57. The summed E-state index contributed by atoms with van der Waals surface area (Å²) in [5, 5.41) is 0. The van der Waals surface area contributed by atoms with Gasteiger partial charge in [-0.05, 0) is 12.1 Å². The third kappa shape index (κ3) is 5.16. The molecule has 1 aromatic rings. The second-order valence-corrected chi connectivity index (χ2v) is 3.76. The van der Waals surface area contributed by atoms with Crippen LogP contribution in [0.5, 0.6) is 5.75 Å². The van der Waals surface area contributed by atoms with Crippen LogP contribution in [0.1, 0.15) is 0 Å². The zero-order valence-electron chi connectivity index (χ0n) is 9.96. The van der Waals surface area contributed by atoms with Gasteiger partial charge < -0.3 is 15.2 Å². The predicted molar refractivity (Wildman–Crippen MR) is 58.2 cm³/mol. The monoisotopic (exact) mass is 303 g/mol. The molecule has 0 amide bonds. The maximum atomic E-state index is 12.1.